The third-order valence-electron chi connectivity index (χ3n) is 5.56. The van der Waals surface area contributed by atoms with Crippen LogP contribution in [0.2, 0.25) is 0 Å². The Hall–Kier alpha value is -3.60. The first kappa shape index (κ1) is 16.6. The zero-order valence-corrected chi connectivity index (χ0v) is 15.5. The Balaban J connectivity index is 1.86. The number of hydrogen-bond acceptors (Lipinski definition) is 3. The minimum absolute atomic E-state index is 0.174. The van der Waals surface area contributed by atoms with E-state index in [1.54, 1.807) is 0 Å². The number of nitrogens with one attached hydrogen (secondary N) is 1. The fraction of sp³-hybridized carbons (Fsp3) is 0.130. The molecule has 1 aliphatic carbocycles. The number of H-pyrrole nitrogens is 1. The molecule has 4 aromatic rings. The molecular weight excluding hydrogens is 348 g/mol. The Morgan fingerprint density at radius 2 is 1.82 bits per heavy atom. The number of nitrogens with two attached hydrogens (primary N) is 2. The van der Waals surface area contributed by atoms with Crippen molar-refractivity contribution in [2.45, 2.75) is 19.8 Å². The highest BCUT2D eigenvalue weighted by Gasteiger charge is 2.29. The molecule has 138 valence electrons. The van der Waals surface area contributed by atoms with Gasteiger partial charge in [-0.2, -0.15) is 0 Å². The number of anilines is 1. The van der Waals surface area contributed by atoms with Crippen LogP contribution in [-0.2, 0) is 12.8 Å². The zero-order chi connectivity index (χ0) is 19.4. The number of hydrogen-bond donors (Lipinski definition) is 3. The number of benzene rings is 2. The van der Waals surface area contributed by atoms with E-state index >= 15 is 0 Å². The quantitative estimate of drug-likeness (QED) is 0.499. The SMILES string of the molecule is Cc1ccc2[nH]c3c(c2c1)CCc1c-3nc(N)c(C(N)=O)c1-c1ccccc1. The molecule has 1 amide bonds. The van der Waals surface area contributed by atoms with E-state index in [0.29, 0.717) is 5.56 Å². The van der Waals surface area contributed by atoms with Crippen molar-refractivity contribution in [3.8, 4) is 22.5 Å². The standard InChI is InChI=1S/C23H20N4O/c1-12-7-10-17-16(11-12)14-8-9-15-18(13-5-3-2-4-6-13)19(23(25)28)22(24)27-21(15)20(14)26-17/h2-7,10-11,26H,8-9H2,1H3,(H2,24,27)(H2,25,28). The number of fused-ring (bicyclic) bond motifs is 5. The molecule has 0 spiro atoms. The number of rotatable bonds is 2. The maximum atomic E-state index is 12.2. The van der Waals surface area contributed by atoms with Crippen LogP contribution in [0.4, 0.5) is 5.82 Å². The minimum atomic E-state index is -0.551. The van der Waals surface area contributed by atoms with E-state index in [-0.39, 0.29) is 5.82 Å². The van der Waals surface area contributed by atoms with Crippen LogP contribution in [0, 0.1) is 6.92 Å². The Labute approximate surface area is 162 Å². The summed E-state index contributed by atoms with van der Waals surface area (Å²) >= 11 is 0. The summed E-state index contributed by atoms with van der Waals surface area (Å²) in [6, 6.07) is 16.2. The summed E-state index contributed by atoms with van der Waals surface area (Å²) in [6.45, 7) is 2.10. The molecular formula is C23H20N4O. The van der Waals surface area contributed by atoms with Crippen molar-refractivity contribution in [1.82, 2.24) is 9.97 Å². The maximum absolute atomic E-state index is 12.2. The van der Waals surface area contributed by atoms with Gasteiger partial charge in [0.1, 0.15) is 5.82 Å². The Kier molecular flexibility index (Phi) is 3.52. The number of nitrogen functional groups attached to an aromatic ring is 1. The van der Waals surface area contributed by atoms with Gasteiger partial charge in [0.05, 0.1) is 17.0 Å². The highest BCUT2D eigenvalue weighted by molar-refractivity contribution is 6.06. The molecule has 0 bridgehead atoms. The monoisotopic (exact) mass is 368 g/mol. The topological polar surface area (TPSA) is 97.8 Å². The first-order valence-corrected chi connectivity index (χ1v) is 9.33. The number of pyridine rings is 1. The molecule has 0 aliphatic heterocycles. The molecule has 0 atom stereocenters. The molecule has 0 unspecified atom stereocenters. The van der Waals surface area contributed by atoms with Gasteiger partial charge in [0.2, 0.25) is 0 Å². The second kappa shape index (κ2) is 5.96. The van der Waals surface area contributed by atoms with Gasteiger partial charge in [0.15, 0.2) is 0 Å². The first-order chi connectivity index (χ1) is 13.5. The minimum Gasteiger partial charge on any atom is -0.383 e. The molecule has 2 aromatic heterocycles. The van der Waals surface area contributed by atoms with Crippen LogP contribution in [0.25, 0.3) is 33.4 Å². The average molecular weight is 368 g/mol. The highest BCUT2D eigenvalue weighted by Crippen LogP contribution is 2.43. The molecule has 5 rings (SSSR count). The third kappa shape index (κ3) is 2.33. The molecule has 2 aromatic carbocycles. The Morgan fingerprint density at radius 3 is 2.57 bits per heavy atom. The molecule has 28 heavy (non-hydrogen) atoms. The molecule has 2 heterocycles. The number of aryl methyl sites for hydroxylation is 2. The van der Waals surface area contributed by atoms with E-state index in [4.69, 9.17) is 11.5 Å². The van der Waals surface area contributed by atoms with E-state index in [1.807, 2.05) is 30.3 Å². The fourth-order valence-corrected chi connectivity index (χ4v) is 4.34. The molecule has 5 N–H and O–H groups in total. The fourth-order valence-electron chi connectivity index (χ4n) is 4.34. The van der Waals surface area contributed by atoms with Gasteiger partial charge < -0.3 is 16.5 Å². The molecule has 1 aliphatic rings. The number of aromatic amines is 1. The van der Waals surface area contributed by atoms with Crippen molar-refractivity contribution >= 4 is 22.6 Å². The largest absolute Gasteiger partial charge is 0.383 e. The predicted molar refractivity (Wildman–Crippen MR) is 112 cm³/mol. The number of carbonyl (C=O) groups excluding carboxylic acids is 1. The second-order valence-electron chi connectivity index (χ2n) is 7.33. The highest BCUT2D eigenvalue weighted by atomic mass is 16.1. The van der Waals surface area contributed by atoms with Crippen molar-refractivity contribution in [3.05, 3.63) is 70.8 Å². The lowest BCUT2D eigenvalue weighted by molar-refractivity contribution is 0.100. The summed E-state index contributed by atoms with van der Waals surface area (Å²) in [4.78, 5) is 20.4. The molecule has 5 heteroatoms. The van der Waals surface area contributed by atoms with E-state index < -0.39 is 5.91 Å². The van der Waals surface area contributed by atoms with Crippen molar-refractivity contribution in [3.63, 3.8) is 0 Å². The lowest BCUT2D eigenvalue weighted by Crippen LogP contribution is -2.19. The van der Waals surface area contributed by atoms with Crippen molar-refractivity contribution in [2.75, 3.05) is 5.73 Å². The predicted octanol–water partition coefficient (Wildman–Crippen LogP) is 3.99. The lowest BCUT2D eigenvalue weighted by atomic mass is 9.85. The van der Waals surface area contributed by atoms with Gasteiger partial charge in [-0.25, -0.2) is 4.98 Å². The van der Waals surface area contributed by atoms with Crippen molar-refractivity contribution < 1.29 is 4.79 Å². The summed E-state index contributed by atoms with van der Waals surface area (Å²) < 4.78 is 0. The van der Waals surface area contributed by atoms with Crippen LogP contribution in [0.1, 0.15) is 27.0 Å². The van der Waals surface area contributed by atoms with Gasteiger partial charge in [-0.1, -0.05) is 42.0 Å². The van der Waals surface area contributed by atoms with E-state index in [0.717, 1.165) is 46.4 Å². The van der Waals surface area contributed by atoms with E-state index in [9.17, 15) is 4.79 Å². The van der Waals surface area contributed by atoms with E-state index in [1.165, 1.54) is 16.5 Å². The average Bonchev–Trinajstić information content (AvgIpc) is 3.05. The summed E-state index contributed by atoms with van der Waals surface area (Å²) in [5.41, 5.74) is 20.3. The first-order valence-electron chi connectivity index (χ1n) is 9.33. The Bertz CT molecular complexity index is 1260. The van der Waals surface area contributed by atoms with Crippen LogP contribution >= 0.6 is 0 Å². The summed E-state index contributed by atoms with van der Waals surface area (Å²) in [6.07, 6.45) is 1.65. The molecule has 0 saturated carbocycles. The number of nitrogens with zero attached hydrogens (tertiary/aromatic N) is 1. The maximum Gasteiger partial charge on any atom is 0.253 e. The second-order valence-corrected chi connectivity index (χ2v) is 7.33. The van der Waals surface area contributed by atoms with Gasteiger partial charge in [0, 0.05) is 16.5 Å². The van der Waals surface area contributed by atoms with Gasteiger partial charge >= 0.3 is 0 Å². The molecule has 5 nitrogen and oxygen atoms in total. The summed E-state index contributed by atoms with van der Waals surface area (Å²) in [5.74, 6) is -0.377. The normalized spacial score (nSPS) is 12.6. The summed E-state index contributed by atoms with van der Waals surface area (Å²) in [7, 11) is 0. The molecule has 0 saturated heterocycles. The summed E-state index contributed by atoms with van der Waals surface area (Å²) in [5, 5.41) is 1.22. The molecule has 0 radical (unpaired) electrons. The number of carbonyl (C=O) groups is 1. The van der Waals surface area contributed by atoms with Gasteiger partial charge in [0.25, 0.3) is 5.91 Å². The number of primary amides is 1. The number of amides is 1. The van der Waals surface area contributed by atoms with Gasteiger partial charge in [-0.3, -0.25) is 4.79 Å². The van der Waals surface area contributed by atoms with Crippen LogP contribution in [0.5, 0.6) is 0 Å². The third-order valence-corrected chi connectivity index (χ3v) is 5.56. The van der Waals surface area contributed by atoms with Crippen molar-refractivity contribution in [1.29, 1.82) is 0 Å². The number of aromatic nitrogens is 2. The molecule has 0 fully saturated rings. The van der Waals surface area contributed by atoms with Crippen LogP contribution in [0.3, 0.4) is 0 Å². The van der Waals surface area contributed by atoms with Crippen LogP contribution in [0.15, 0.2) is 48.5 Å². The van der Waals surface area contributed by atoms with Crippen molar-refractivity contribution in [2.24, 2.45) is 5.73 Å². The van der Waals surface area contributed by atoms with Crippen LogP contribution in [-0.4, -0.2) is 15.9 Å². The van der Waals surface area contributed by atoms with Gasteiger partial charge in [-0.15, -0.1) is 0 Å². The lowest BCUT2D eigenvalue weighted by Gasteiger charge is -2.22. The smallest absolute Gasteiger partial charge is 0.253 e. The van der Waals surface area contributed by atoms with E-state index in [2.05, 4.69) is 35.1 Å². The Morgan fingerprint density at radius 1 is 1.07 bits per heavy atom. The van der Waals surface area contributed by atoms with Crippen LogP contribution < -0.4 is 11.5 Å². The zero-order valence-electron chi connectivity index (χ0n) is 15.5. The van der Waals surface area contributed by atoms with Gasteiger partial charge in [-0.05, 0) is 48.6 Å².